The van der Waals surface area contributed by atoms with Crippen molar-refractivity contribution in [3.05, 3.63) is 54.6 Å². The number of piperazine rings is 1. The summed E-state index contributed by atoms with van der Waals surface area (Å²) in [6.07, 6.45) is 4.95. The predicted octanol–water partition coefficient (Wildman–Crippen LogP) is 2.94. The van der Waals surface area contributed by atoms with Gasteiger partial charge in [0.05, 0.1) is 24.2 Å². The number of anilines is 1. The molecule has 34 heavy (non-hydrogen) atoms. The number of benzene rings is 2. The Morgan fingerprint density at radius 2 is 1.68 bits per heavy atom. The average Bonchev–Trinajstić information content (AvgIpc) is 2.85. The number of hydrogen-bond acceptors (Lipinski definition) is 5. The van der Waals surface area contributed by atoms with Gasteiger partial charge in [0.2, 0.25) is 21.8 Å². The summed E-state index contributed by atoms with van der Waals surface area (Å²) in [4.78, 5) is 28.8. The maximum Gasteiger partial charge on any atom is 0.247 e. The second kappa shape index (κ2) is 9.76. The van der Waals surface area contributed by atoms with E-state index in [1.54, 1.807) is 49.4 Å². The second-order valence-corrected chi connectivity index (χ2v) is 11.0. The Morgan fingerprint density at radius 3 is 2.35 bits per heavy atom. The molecule has 1 atom stereocenters. The minimum absolute atomic E-state index is 0.00815. The van der Waals surface area contributed by atoms with E-state index in [1.165, 1.54) is 24.1 Å². The van der Waals surface area contributed by atoms with Crippen molar-refractivity contribution in [1.29, 1.82) is 0 Å². The van der Waals surface area contributed by atoms with Crippen molar-refractivity contribution in [2.24, 2.45) is 0 Å². The molecule has 9 heteroatoms. The highest BCUT2D eigenvalue weighted by Gasteiger charge is 2.52. The summed E-state index contributed by atoms with van der Waals surface area (Å²) in [5.74, 6) is -0.421. The number of nitrogens with one attached hydrogen (secondary N) is 1. The smallest absolute Gasteiger partial charge is 0.247 e. The normalized spacial score (nSPS) is 22.4. The lowest BCUT2D eigenvalue weighted by Gasteiger charge is -2.47. The number of rotatable bonds is 6. The third-order valence-electron chi connectivity index (χ3n) is 6.68. The molecule has 2 aliphatic rings. The van der Waals surface area contributed by atoms with Crippen LogP contribution in [0, 0.1) is 0 Å². The van der Waals surface area contributed by atoms with Gasteiger partial charge in [-0.3, -0.25) is 14.5 Å². The zero-order valence-corrected chi connectivity index (χ0v) is 20.4. The number of methoxy groups -OCH3 is 1. The number of carbonyl (C=O) groups is 2. The molecular formula is C25H31N3O5S. The maximum absolute atomic E-state index is 13.8. The van der Waals surface area contributed by atoms with Crippen molar-refractivity contribution in [1.82, 2.24) is 9.62 Å². The fourth-order valence-corrected chi connectivity index (χ4v) is 6.36. The number of para-hydroxylation sites is 2. The first-order valence-electron chi connectivity index (χ1n) is 11.6. The average molecular weight is 486 g/mol. The van der Waals surface area contributed by atoms with Crippen LogP contribution < -0.4 is 15.0 Å². The SMILES string of the molecule is COc1ccccc1N1C(=O)CN(S(=O)(=O)c2ccccc2)C[C@@]1(C)C(=O)NC1CCCCC1. The van der Waals surface area contributed by atoms with E-state index in [4.69, 9.17) is 4.74 Å². The lowest BCUT2D eigenvalue weighted by atomic mass is 9.91. The van der Waals surface area contributed by atoms with Crippen molar-refractivity contribution in [3.63, 3.8) is 0 Å². The number of amides is 2. The molecule has 1 N–H and O–H groups in total. The molecule has 0 spiro atoms. The fraction of sp³-hybridized carbons (Fsp3) is 0.440. The molecule has 2 fully saturated rings. The Hall–Kier alpha value is -2.91. The molecule has 2 amide bonds. The lowest BCUT2D eigenvalue weighted by Crippen LogP contribution is -2.70. The zero-order chi connectivity index (χ0) is 24.3. The first-order valence-corrected chi connectivity index (χ1v) is 13.0. The van der Waals surface area contributed by atoms with E-state index in [-0.39, 0.29) is 29.9 Å². The molecular weight excluding hydrogens is 454 g/mol. The quantitative estimate of drug-likeness (QED) is 0.679. The molecule has 2 aromatic rings. The van der Waals surface area contributed by atoms with Crippen LogP contribution in [0.15, 0.2) is 59.5 Å². The summed E-state index contributed by atoms with van der Waals surface area (Å²) in [6, 6.07) is 15.0. The van der Waals surface area contributed by atoms with Gasteiger partial charge < -0.3 is 10.1 Å². The van der Waals surface area contributed by atoms with E-state index >= 15 is 0 Å². The van der Waals surface area contributed by atoms with Gasteiger partial charge in [0.25, 0.3) is 0 Å². The summed E-state index contributed by atoms with van der Waals surface area (Å²) in [6.45, 7) is 1.08. The predicted molar refractivity (Wildman–Crippen MR) is 129 cm³/mol. The van der Waals surface area contributed by atoms with E-state index in [0.29, 0.717) is 11.4 Å². The number of hydrogen-bond donors (Lipinski definition) is 1. The van der Waals surface area contributed by atoms with E-state index in [9.17, 15) is 18.0 Å². The Bertz CT molecular complexity index is 1150. The Balaban J connectivity index is 1.75. The summed E-state index contributed by atoms with van der Waals surface area (Å²) in [5.41, 5.74) is -1.03. The molecule has 0 unspecified atom stereocenters. The standard InChI is InChI=1S/C25H31N3O5S/c1-25(24(30)26-19-11-5-3-6-12-19)18-27(34(31,32)20-13-7-4-8-14-20)17-23(29)28(25)21-15-9-10-16-22(21)33-2/h4,7-10,13-16,19H,3,5-6,11-12,17-18H2,1-2H3,(H,26,30)/t25-/m0/s1. The van der Waals surface area contributed by atoms with Crippen LogP contribution in [0.5, 0.6) is 5.75 Å². The molecule has 1 saturated carbocycles. The summed E-state index contributed by atoms with van der Waals surface area (Å²) < 4.78 is 33.4. The van der Waals surface area contributed by atoms with E-state index < -0.39 is 21.5 Å². The van der Waals surface area contributed by atoms with E-state index in [1.807, 2.05) is 0 Å². The largest absolute Gasteiger partial charge is 0.495 e. The van der Waals surface area contributed by atoms with Crippen molar-refractivity contribution in [2.75, 3.05) is 25.1 Å². The van der Waals surface area contributed by atoms with Gasteiger partial charge in [-0.1, -0.05) is 49.6 Å². The minimum Gasteiger partial charge on any atom is -0.495 e. The van der Waals surface area contributed by atoms with Gasteiger partial charge in [-0.2, -0.15) is 4.31 Å². The minimum atomic E-state index is -3.98. The fourth-order valence-electron chi connectivity index (χ4n) is 4.85. The van der Waals surface area contributed by atoms with Crippen molar-refractivity contribution >= 4 is 27.5 Å². The Kier molecular flexibility index (Phi) is 6.95. The number of carbonyl (C=O) groups excluding carboxylic acids is 2. The molecule has 1 heterocycles. The third-order valence-corrected chi connectivity index (χ3v) is 8.48. The van der Waals surface area contributed by atoms with Crippen molar-refractivity contribution in [2.45, 2.75) is 55.5 Å². The van der Waals surface area contributed by atoms with Crippen LogP contribution in [-0.2, 0) is 19.6 Å². The molecule has 182 valence electrons. The topological polar surface area (TPSA) is 96.0 Å². The van der Waals surface area contributed by atoms with Gasteiger partial charge in [0, 0.05) is 12.6 Å². The molecule has 4 rings (SSSR count). The van der Waals surface area contributed by atoms with Gasteiger partial charge in [0.15, 0.2) is 0 Å². The van der Waals surface area contributed by atoms with E-state index in [2.05, 4.69) is 5.32 Å². The van der Waals surface area contributed by atoms with Crippen LogP contribution >= 0.6 is 0 Å². The van der Waals surface area contributed by atoms with Crippen LogP contribution in [0.1, 0.15) is 39.0 Å². The van der Waals surface area contributed by atoms with Crippen LogP contribution in [-0.4, -0.2) is 56.3 Å². The summed E-state index contributed by atoms with van der Waals surface area (Å²) in [5, 5.41) is 3.10. The molecule has 1 saturated heterocycles. The molecule has 8 nitrogen and oxygen atoms in total. The van der Waals surface area contributed by atoms with Crippen molar-refractivity contribution in [3.8, 4) is 5.75 Å². The number of nitrogens with zero attached hydrogens (tertiary/aromatic N) is 2. The van der Waals surface area contributed by atoms with Crippen LogP contribution in [0.2, 0.25) is 0 Å². The van der Waals surface area contributed by atoms with Crippen LogP contribution in [0.4, 0.5) is 5.69 Å². The molecule has 0 aromatic heterocycles. The highest BCUT2D eigenvalue weighted by Crippen LogP contribution is 2.37. The molecule has 1 aliphatic heterocycles. The second-order valence-electron chi connectivity index (χ2n) is 9.07. The molecule has 2 aromatic carbocycles. The van der Waals surface area contributed by atoms with Gasteiger partial charge in [-0.05, 0) is 44.0 Å². The summed E-state index contributed by atoms with van der Waals surface area (Å²) in [7, 11) is -2.48. The molecule has 0 radical (unpaired) electrons. The van der Waals surface area contributed by atoms with E-state index in [0.717, 1.165) is 36.4 Å². The Labute approximate surface area is 200 Å². The first-order chi connectivity index (χ1) is 16.3. The van der Waals surface area contributed by atoms with Gasteiger partial charge in [-0.15, -0.1) is 0 Å². The highest BCUT2D eigenvalue weighted by molar-refractivity contribution is 7.89. The van der Waals surface area contributed by atoms with Crippen molar-refractivity contribution < 1.29 is 22.7 Å². The lowest BCUT2D eigenvalue weighted by molar-refractivity contribution is -0.133. The monoisotopic (exact) mass is 485 g/mol. The Morgan fingerprint density at radius 1 is 1.03 bits per heavy atom. The maximum atomic E-state index is 13.8. The van der Waals surface area contributed by atoms with Gasteiger partial charge in [-0.25, -0.2) is 8.42 Å². The third kappa shape index (κ3) is 4.54. The molecule has 1 aliphatic carbocycles. The summed E-state index contributed by atoms with van der Waals surface area (Å²) >= 11 is 0. The van der Waals surface area contributed by atoms with Gasteiger partial charge >= 0.3 is 0 Å². The van der Waals surface area contributed by atoms with Crippen LogP contribution in [0.25, 0.3) is 0 Å². The molecule has 0 bridgehead atoms. The zero-order valence-electron chi connectivity index (χ0n) is 19.6. The number of ether oxygens (including phenoxy) is 1. The van der Waals surface area contributed by atoms with Crippen LogP contribution in [0.3, 0.4) is 0 Å². The highest BCUT2D eigenvalue weighted by atomic mass is 32.2. The first kappa shape index (κ1) is 24.2. The van der Waals surface area contributed by atoms with Gasteiger partial charge in [0.1, 0.15) is 11.3 Å². The number of sulfonamides is 1.